The first-order chi connectivity index (χ1) is 20.5. The van der Waals surface area contributed by atoms with Crippen LogP contribution in [0, 0.1) is 0 Å². The lowest BCUT2D eigenvalue weighted by atomic mass is 10.2. The van der Waals surface area contributed by atoms with E-state index in [-0.39, 0.29) is 0 Å². The fourth-order valence-electron chi connectivity index (χ4n) is 5.05. The molecule has 1 fully saturated rings. The topological polar surface area (TPSA) is 62.4 Å². The number of azo groups is 2. The van der Waals surface area contributed by atoms with Crippen molar-refractivity contribution in [3.05, 3.63) is 97.1 Å². The highest BCUT2D eigenvalue weighted by Gasteiger charge is 2.17. The van der Waals surface area contributed by atoms with Gasteiger partial charge in [-0.2, -0.15) is 20.5 Å². The van der Waals surface area contributed by atoms with Crippen molar-refractivity contribution in [3.63, 3.8) is 0 Å². The molecule has 0 atom stereocenters. The predicted octanol–water partition coefficient (Wildman–Crippen LogP) is 8.76. The number of nitrogens with zero attached hydrogens (tertiary/aromatic N) is 8. The van der Waals surface area contributed by atoms with Crippen molar-refractivity contribution in [3.8, 4) is 0 Å². The van der Waals surface area contributed by atoms with Gasteiger partial charge in [0.15, 0.2) is 0 Å². The lowest BCUT2D eigenvalue weighted by molar-refractivity contribution is 0.653. The first-order valence-electron chi connectivity index (χ1n) is 14.7. The van der Waals surface area contributed by atoms with Crippen LogP contribution >= 0.6 is 0 Å². The molecule has 8 nitrogen and oxygen atoms in total. The van der Waals surface area contributed by atoms with Crippen LogP contribution in [0.15, 0.2) is 118 Å². The third kappa shape index (κ3) is 7.32. The van der Waals surface area contributed by atoms with Crippen molar-refractivity contribution in [1.82, 2.24) is 0 Å². The lowest BCUT2D eigenvalue weighted by Gasteiger charge is -2.37. The van der Waals surface area contributed by atoms with Crippen molar-refractivity contribution in [2.75, 3.05) is 73.0 Å². The molecule has 0 amide bonds. The molecule has 42 heavy (non-hydrogen) atoms. The van der Waals surface area contributed by atoms with Crippen LogP contribution in [0.2, 0.25) is 0 Å². The summed E-state index contributed by atoms with van der Waals surface area (Å²) in [6.07, 6.45) is 0. The highest BCUT2D eigenvalue weighted by molar-refractivity contribution is 5.58. The molecule has 216 valence electrons. The maximum atomic E-state index is 4.44. The average molecular weight is 561 g/mol. The summed E-state index contributed by atoms with van der Waals surface area (Å²) in [6.45, 7) is 10.2. The molecule has 0 saturated carbocycles. The average Bonchev–Trinajstić information content (AvgIpc) is 3.05. The molecule has 0 N–H and O–H groups in total. The molecule has 0 aliphatic carbocycles. The van der Waals surface area contributed by atoms with E-state index >= 15 is 0 Å². The molecule has 0 radical (unpaired) electrons. The van der Waals surface area contributed by atoms with Crippen molar-refractivity contribution in [2.24, 2.45) is 20.5 Å². The van der Waals surface area contributed by atoms with E-state index < -0.39 is 0 Å². The molecule has 0 unspecified atom stereocenters. The summed E-state index contributed by atoms with van der Waals surface area (Å²) in [7, 11) is 4.05. The third-order valence-corrected chi connectivity index (χ3v) is 7.62. The van der Waals surface area contributed by atoms with Gasteiger partial charge in [0.05, 0.1) is 22.7 Å². The van der Waals surface area contributed by atoms with Crippen LogP contribution in [0.3, 0.4) is 0 Å². The highest BCUT2D eigenvalue weighted by atomic mass is 15.3. The first kappa shape index (κ1) is 28.8. The molecule has 0 spiro atoms. The lowest BCUT2D eigenvalue weighted by Crippen LogP contribution is -2.46. The van der Waals surface area contributed by atoms with Crippen molar-refractivity contribution in [2.45, 2.75) is 13.8 Å². The Kier molecular flexibility index (Phi) is 9.44. The summed E-state index contributed by atoms with van der Waals surface area (Å²) in [5, 5.41) is 17.7. The zero-order valence-corrected chi connectivity index (χ0v) is 25.1. The van der Waals surface area contributed by atoms with Crippen molar-refractivity contribution < 1.29 is 0 Å². The Balaban J connectivity index is 1.11. The zero-order chi connectivity index (χ0) is 29.3. The minimum atomic E-state index is 0.845. The molecular weight excluding hydrogens is 520 g/mol. The number of piperazine rings is 1. The Morgan fingerprint density at radius 3 is 1.10 bits per heavy atom. The molecule has 8 heteroatoms. The van der Waals surface area contributed by atoms with Crippen LogP contribution in [0.1, 0.15) is 13.8 Å². The fourth-order valence-corrected chi connectivity index (χ4v) is 5.05. The van der Waals surface area contributed by atoms with Crippen LogP contribution in [-0.2, 0) is 0 Å². The van der Waals surface area contributed by atoms with Gasteiger partial charge in [-0.05, 0) is 111 Å². The summed E-state index contributed by atoms with van der Waals surface area (Å²) < 4.78 is 0. The molecule has 0 bridgehead atoms. The van der Waals surface area contributed by atoms with Crippen LogP contribution < -0.4 is 19.6 Å². The number of rotatable bonds is 10. The molecular formula is C34H40N8. The fraction of sp³-hybridized carbons (Fsp3) is 0.294. The van der Waals surface area contributed by atoms with E-state index in [0.29, 0.717) is 0 Å². The summed E-state index contributed by atoms with van der Waals surface area (Å²) in [5.74, 6) is 0. The van der Waals surface area contributed by atoms with E-state index in [1.54, 1.807) is 0 Å². The molecule has 4 aromatic carbocycles. The maximum absolute atomic E-state index is 4.44. The largest absolute Gasteiger partial charge is 0.378 e. The van der Waals surface area contributed by atoms with Gasteiger partial charge in [-0.25, -0.2) is 0 Å². The summed E-state index contributed by atoms with van der Waals surface area (Å²) in [4.78, 5) is 9.23. The molecule has 1 aliphatic rings. The Morgan fingerprint density at radius 1 is 0.476 bits per heavy atom. The van der Waals surface area contributed by atoms with Gasteiger partial charge in [0.1, 0.15) is 0 Å². The van der Waals surface area contributed by atoms with E-state index in [1.807, 2.05) is 74.8 Å². The van der Waals surface area contributed by atoms with Gasteiger partial charge in [0, 0.05) is 76.1 Å². The third-order valence-electron chi connectivity index (χ3n) is 7.62. The van der Waals surface area contributed by atoms with Crippen molar-refractivity contribution >= 4 is 45.5 Å². The molecule has 1 aliphatic heterocycles. The van der Waals surface area contributed by atoms with Gasteiger partial charge in [-0.3, -0.25) is 0 Å². The number of hydrogen-bond acceptors (Lipinski definition) is 8. The molecule has 4 aromatic rings. The number of anilines is 4. The maximum Gasteiger partial charge on any atom is 0.0858 e. The predicted molar refractivity (Wildman–Crippen MR) is 176 cm³/mol. The van der Waals surface area contributed by atoms with E-state index in [4.69, 9.17) is 0 Å². The Bertz CT molecular complexity index is 1450. The van der Waals surface area contributed by atoms with Gasteiger partial charge in [0.2, 0.25) is 0 Å². The molecule has 1 heterocycles. The minimum Gasteiger partial charge on any atom is -0.378 e. The second-order valence-corrected chi connectivity index (χ2v) is 10.5. The molecule has 1 saturated heterocycles. The van der Waals surface area contributed by atoms with Gasteiger partial charge >= 0.3 is 0 Å². The number of hydrogen-bond donors (Lipinski definition) is 0. The van der Waals surface area contributed by atoms with Crippen LogP contribution in [0.4, 0.5) is 45.5 Å². The molecule has 0 aromatic heterocycles. The first-order valence-corrected chi connectivity index (χ1v) is 14.7. The monoisotopic (exact) mass is 560 g/mol. The van der Waals surface area contributed by atoms with Gasteiger partial charge in [0.25, 0.3) is 0 Å². The van der Waals surface area contributed by atoms with Gasteiger partial charge < -0.3 is 19.6 Å². The quantitative estimate of drug-likeness (QED) is 0.182. The number of benzene rings is 4. The summed E-state index contributed by atoms with van der Waals surface area (Å²) in [5.41, 5.74) is 8.19. The summed E-state index contributed by atoms with van der Waals surface area (Å²) in [6, 6.07) is 33.0. The van der Waals surface area contributed by atoms with Gasteiger partial charge in [-0.15, -0.1) is 0 Å². The zero-order valence-electron chi connectivity index (χ0n) is 25.1. The molecule has 5 rings (SSSR count). The van der Waals surface area contributed by atoms with E-state index in [9.17, 15) is 0 Å². The van der Waals surface area contributed by atoms with E-state index in [1.165, 1.54) is 17.1 Å². The van der Waals surface area contributed by atoms with Crippen LogP contribution in [0.25, 0.3) is 0 Å². The normalized spacial score (nSPS) is 13.7. The Morgan fingerprint density at radius 2 is 0.786 bits per heavy atom. The van der Waals surface area contributed by atoms with Crippen LogP contribution in [0.5, 0.6) is 0 Å². The Labute approximate surface area is 249 Å². The second kappa shape index (κ2) is 13.8. The van der Waals surface area contributed by atoms with Gasteiger partial charge in [-0.1, -0.05) is 0 Å². The SMILES string of the molecule is CCN(CC)c1ccc(N=Nc2ccc(N3CCN(c4ccc(N=Nc5ccc(N(C)C)cc5)cc4)CC3)cc2)cc1. The van der Waals surface area contributed by atoms with E-state index in [2.05, 4.69) is 90.3 Å². The van der Waals surface area contributed by atoms with E-state index in [0.717, 1.165) is 67.7 Å². The minimum absolute atomic E-state index is 0.845. The second-order valence-electron chi connectivity index (χ2n) is 10.5. The standard InChI is InChI=1S/C34H40N8/c1-5-40(6-2)32-17-9-28(10-18-32)36-38-30-13-21-34(22-14-30)42-25-23-41(24-26-42)33-19-11-29(12-20-33)37-35-27-7-15-31(16-8-27)39(3)4/h7-22H,5-6,23-26H2,1-4H3. The Hall–Kier alpha value is -4.72. The smallest absolute Gasteiger partial charge is 0.0858 e. The van der Waals surface area contributed by atoms with Crippen LogP contribution in [-0.4, -0.2) is 53.4 Å². The summed E-state index contributed by atoms with van der Waals surface area (Å²) >= 11 is 0. The van der Waals surface area contributed by atoms with Crippen molar-refractivity contribution in [1.29, 1.82) is 0 Å². The highest BCUT2D eigenvalue weighted by Crippen LogP contribution is 2.27.